The van der Waals surface area contributed by atoms with Gasteiger partial charge in [-0.25, -0.2) is 0 Å². The van der Waals surface area contributed by atoms with Crippen LogP contribution in [-0.4, -0.2) is 79.1 Å². The number of benzene rings is 1. The van der Waals surface area contributed by atoms with Gasteiger partial charge in [-0.05, 0) is 33.0 Å². The topological polar surface area (TPSA) is 36.0 Å². The van der Waals surface area contributed by atoms with E-state index in [1.54, 1.807) is 0 Å². The van der Waals surface area contributed by atoms with E-state index in [9.17, 15) is 4.79 Å². The molecule has 3 rings (SSSR count). The molecule has 1 aromatic carbocycles. The standard InChI is InChI=1S/C18H27N3O2/c1-14-4-6-16(7-5-14)23-17-12-21(13-17)18(22)15(2)20-10-8-19(3)9-11-20/h4-7,15,17H,8-13H2,1-3H3/t15-/m0/s1. The smallest absolute Gasteiger partial charge is 0.239 e. The Morgan fingerprint density at radius 3 is 2.35 bits per heavy atom. The molecule has 1 amide bonds. The minimum Gasteiger partial charge on any atom is -0.487 e. The number of hydrogen-bond donors (Lipinski definition) is 0. The molecule has 0 N–H and O–H groups in total. The number of ether oxygens (including phenoxy) is 1. The van der Waals surface area contributed by atoms with Gasteiger partial charge in [-0.1, -0.05) is 17.7 Å². The summed E-state index contributed by atoms with van der Waals surface area (Å²) in [5.41, 5.74) is 1.23. The maximum absolute atomic E-state index is 12.6. The summed E-state index contributed by atoms with van der Waals surface area (Å²) in [6.07, 6.45) is 0.126. The number of piperazine rings is 1. The van der Waals surface area contributed by atoms with Gasteiger partial charge in [0.2, 0.25) is 5.91 Å². The molecule has 0 aliphatic carbocycles. The van der Waals surface area contributed by atoms with Gasteiger partial charge in [0.15, 0.2) is 0 Å². The number of carbonyl (C=O) groups excluding carboxylic acids is 1. The highest BCUT2D eigenvalue weighted by Crippen LogP contribution is 2.20. The van der Waals surface area contributed by atoms with Crippen molar-refractivity contribution in [3.8, 4) is 5.75 Å². The van der Waals surface area contributed by atoms with E-state index >= 15 is 0 Å². The maximum Gasteiger partial charge on any atom is 0.239 e. The summed E-state index contributed by atoms with van der Waals surface area (Å²) in [5.74, 6) is 1.12. The van der Waals surface area contributed by atoms with E-state index in [1.807, 2.05) is 36.1 Å². The number of hydrogen-bond acceptors (Lipinski definition) is 4. The van der Waals surface area contributed by atoms with E-state index in [2.05, 4.69) is 23.8 Å². The van der Waals surface area contributed by atoms with Crippen LogP contribution in [0.3, 0.4) is 0 Å². The van der Waals surface area contributed by atoms with Crippen molar-refractivity contribution >= 4 is 5.91 Å². The summed E-state index contributed by atoms with van der Waals surface area (Å²) in [6.45, 7) is 9.51. The summed E-state index contributed by atoms with van der Waals surface area (Å²) >= 11 is 0. The van der Waals surface area contributed by atoms with Crippen LogP contribution < -0.4 is 4.74 Å². The molecule has 0 spiro atoms. The van der Waals surface area contributed by atoms with E-state index in [-0.39, 0.29) is 18.1 Å². The van der Waals surface area contributed by atoms with Gasteiger partial charge in [0.1, 0.15) is 11.9 Å². The average molecular weight is 317 g/mol. The van der Waals surface area contributed by atoms with Crippen LogP contribution in [0.5, 0.6) is 5.75 Å². The fourth-order valence-corrected chi connectivity index (χ4v) is 3.13. The van der Waals surface area contributed by atoms with Crippen molar-refractivity contribution < 1.29 is 9.53 Å². The quantitative estimate of drug-likeness (QED) is 0.837. The molecule has 5 heteroatoms. The predicted molar refractivity (Wildman–Crippen MR) is 90.7 cm³/mol. The number of likely N-dealkylation sites (N-methyl/N-ethyl adjacent to an activating group) is 1. The Hall–Kier alpha value is -1.59. The molecule has 2 saturated heterocycles. The molecule has 5 nitrogen and oxygen atoms in total. The fourth-order valence-electron chi connectivity index (χ4n) is 3.13. The lowest BCUT2D eigenvalue weighted by Crippen LogP contribution is -2.61. The summed E-state index contributed by atoms with van der Waals surface area (Å²) in [6, 6.07) is 8.06. The van der Waals surface area contributed by atoms with Gasteiger partial charge in [0.25, 0.3) is 0 Å². The predicted octanol–water partition coefficient (Wildman–Crippen LogP) is 1.22. The highest BCUT2D eigenvalue weighted by Gasteiger charge is 2.36. The van der Waals surface area contributed by atoms with E-state index < -0.39 is 0 Å². The molecule has 1 atom stereocenters. The van der Waals surface area contributed by atoms with Crippen molar-refractivity contribution in [1.82, 2.24) is 14.7 Å². The van der Waals surface area contributed by atoms with Crippen molar-refractivity contribution in [3.63, 3.8) is 0 Å². The number of nitrogens with zero attached hydrogens (tertiary/aromatic N) is 3. The number of rotatable bonds is 4. The Balaban J connectivity index is 1.45. The van der Waals surface area contributed by atoms with Crippen LogP contribution >= 0.6 is 0 Å². The second kappa shape index (κ2) is 6.89. The Morgan fingerprint density at radius 2 is 1.74 bits per heavy atom. The molecular weight excluding hydrogens is 290 g/mol. The molecule has 0 radical (unpaired) electrons. The monoisotopic (exact) mass is 317 g/mol. The van der Waals surface area contributed by atoms with Crippen LogP contribution in [0.25, 0.3) is 0 Å². The third kappa shape index (κ3) is 3.85. The Bertz CT molecular complexity index is 532. The molecule has 0 unspecified atom stereocenters. The van der Waals surface area contributed by atoms with E-state index in [1.165, 1.54) is 5.56 Å². The summed E-state index contributed by atoms with van der Waals surface area (Å²) < 4.78 is 5.91. The Labute approximate surface area is 138 Å². The minimum atomic E-state index is -0.0241. The first kappa shape index (κ1) is 16.3. The van der Waals surface area contributed by atoms with Crippen molar-refractivity contribution in [3.05, 3.63) is 29.8 Å². The Morgan fingerprint density at radius 1 is 1.13 bits per heavy atom. The van der Waals surface area contributed by atoms with Gasteiger partial charge in [-0.3, -0.25) is 9.69 Å². The van der Waals surface area contributed by atoms with Gasteiger partial charge in [0.05, 0.1) is 19.1 Å². The molecule has 1 aromatic rings. The third-order valence-electron chi connectivity index (χ3n) is 4.93. The average Bonchev–Trinajstić information content (AvgIpc) is 2.52. The highest BCUT2D eigenvalue weighted by molar-refractivity contribution is 5.82. The Kier molecular flexibility index (Phi) is 4.87. The van der Waals surface area contributed by atoms with Crippen molar-refractivity contribution in [1.29, 1.82) is 0 Å². The van der Waals surface area contributed by atoms with Gasteiger partial charge in [-0.2, -0.15) is 0 Å². The van der Waals surface area contributed by atoms with Gasteiger partial charge in [-0.15, -0.1) is 0 Å². The molecule has 2 aliphatic heterocycles. The van der Waals surface area contributed by atoms with Crippen LogP contribution in [0.2, 0.25) is 0 Å². The molecule has 0 aromatic heterocycles. The van der Waals surface area contributed by atoms with E-state index in [0.717, 1.165) is 31.9 Å². The van der Waals surface area contributed by atoms with E-state index in [4.69, 9.17) is 4.74 Å². The SMILES string of the molecule is Cc1ccc(OC2CN(C(=O)[C@H](C)N3CCN(C)CC3)C2)cc1. The lowest BCUT2D eigenvalue weighted by molar-refractivity contribution is -0.146. The highest BCUT2D eigenvalue weighted by atomic mass is 16.5. The first-order valence-corrected chi connectivity index (χ1v) is 8.47. The molecule has 2 aliphatic rings. The molecule has 0 bridgehead atoms. The van der Waals surface area contributed by atoms with Gasteiger partial charge < -0.3 is 14.5 Å². The number of amides is 1. The molecular formula is C18H27N3O2. The maximum atomic E-state index is 12.6. The fraction of sp³-hybridized carbons (Fsp3) is 0.611. The zero-order valence-electron chi connectivity index (χ0n) is 14.4. The van der Waals surface area contributed by atoms with Crippen LogP contribution in [0.4, 0.5) is 0 Å². The zero-order chi connectivity index (χ0) is 16.4. The molecule has 126 valence electrons. The summed E-state index contributed by atoms with van der Waals surface area (Å²) in [5, 5.41) is 0. The second-order valence-corrected chi connectivity index (χ2v) is 6.81. The normalized spacial score (nSPS) is 21.8. The number of aryl methyl sites for hydroxylation is 1. The van der Waals surface area contributed by atoms with Crippen molar-refractivity contribution in [2.24, 2.45) is 0 Å². The first-order chi connectivity index (χ1) is 11.0. The lowest BCUT2D eigenvalue weighted by Gasteiger charge is -2.43. The third-order valence-corrected chi connectivity index (χ3v) is 4.93. The molecule has 0 saturated carbocycles. The van der Waals surface area contributed by atoms with Crippen LogP contribution in [-0.2, 0) is 4.79 Å². The van der Waals surface area contributed by atoms with Crippen molar-refractivity contribution in [2.45, 2.75) is 26.0 Å². The van der Waals surface area contributed by atoms with Gasteiger partial charge >= 0.3 is 0 Å². The zero-order valence-corrected chi connectivity index (χ0v) is 14.4. The summed E-state index contributed by atoms with van der Waals surface area (Å²) in [4.78, 5) is 19.1. The van der Waals surface area contributed by atoms with Crippen LogP contribution in [0.15, 0.2) is 24.3 Å². The number of carbonyl (C=O) groups is 1. The largest absolute Gasteiger partial charge is 0.487 e. The molecule has 2 fully saturated rings. The number of likely N-dealkylation sites (tertiary alicyclic amines) is 1. The van der Waals surface area contributed by atoms with E-state index in [0.29, 0.717) is 13.1 Å². The van der Waals surface area contributed by atoms with Crippen molar-refractivity contribution in [2.75, 3.05) is 46.3 Å². The lowest BCUT2D eigenvalue weighted by atomic mass is 10.1. The van der Waals surface area contributed by atoms with Gasteiger partial charge in [0, 0.05) is 26.2 Å². The minimum absolute atomic E-state index is 0.0241. The summed E-state index contributed by atoms with van der Waals surface area (Å²) in [7, 11) is 2.13. The first-order valence-electron chi connectivity index (χ1n) is 8.47. The van der Waals surface area contributed by atoms with Crippen LogP contribution in [0, 0.1) is 6.92 Å². The molecule has 23 heavy (non-hydrogen) atoms. The molecule has 2 heterocycles. The van der Waals surface area contributed by atoms with Crippen LogP contribution in [0.1, 0.15) is 12.5 Å². The second-order valence-electron chi connectivity index (χ2n) is 6.81.